The highest BCUT2D eigenvalue weighted by Crippen LogP contribution is 2.12. The SMILES string of the molecule is NC(=O)c1ccc(C(=O)NCC(F)(F)F)nc1. The summed E-state index contributed by atoms with van der Waals surface area (Å²) in [5.74, 6) is -1.71. The number of amides is 2. The summed E-state index contributed by atoms with van der Waals surface area (Å²) in [7, 11) is 0. The molecule has 0 fully saturated rings. The molecule has 0 aliphatic rings. The van der Waals surface area contributed by atoms with E-state index in [1.54, 1.807) is 5.32 Å². The molecule has 0 aromatic carbocycles. The van der Waals surface area contributed by atoms with Gasteiger partial charge in [0.15, 0.2) is 0 Å². The molecule has 8 heteroatoms. The van der Waals surface area contributed by atoms with E-state index < -0.39 is 24.5 Å². The van der Waals surface area contributed by atoms with Crippen LogP contribution in [0, 0.1) is 0 Å². The number of carbonyl (C=O) groups is 2. The average molecular weight is 247 g/mol. The van der Waals surface area contributed by atoms with Crippen molar-refractivity contribution in [1.29, 1.82) is 0 Å². The first kappa shape index (κ1) is 12.9. The van der Waals surface area contributed by atoms with Gasteiger partial charge in [-0.15, -0.1) is 0 Å². The van der Waals surface area contributed by atoms with Crippen molar-refractivity contribution in [2.75, 3.05) is 6.54 Å². The second kappa shape index (κ2) is 4.81. The Labute approximate surface area is 93.8 Å². The molecule has 2 amide bonds. The number of rotatable bonds is 3. The minimum absolute atomic E-state index is 0.0670. The second-order valence-electron chi connectivity index (χ2n) is 3.09. The molecular weight excluding hydrogens is 239 g/mol. The maximum Gasteiger partial charge on any atom is 0.405 e. The zero-order valence-corrected chi connectivity index (χ0v) is 8.41. The predicted octanol–water partition coefficient (Wildman–Crippen LogP) is 0.473. The van der Waals surface area contributed by atoms with Crippen molar-refractivity contribution in [2.45, 2.75) is 6.18 Å². The summed E-state index contributed by atoms with van der Waals surface area (Å²) in [6.45, 7) is -1.44. The molecule has 17 heavy (non-hydrogen) atoms. The lowest BCUT2D eigenvalue weighted by Crippen LogP contribution is -2.34. The third-order valence-electron chi connectivity index (χ3n) is 1.73. The highest BCUT2D eigenvalue weighted by atomic mass is 19.4. The summed E-state index contributed by atoms with van der Waals surface area (Å²) in [6, 6.07) is 2.32. The molecule has 0 aliphatic heterocycles. The van der Waals surface area contributed by atoms with Gasteiger partial charge in [0.25, 0.3) is 5.91 Å². The highest BCUT2D eigenvalue weighted by Gasteiger charge is 2.28. The summed E-state index contributed by atoms with van der Waals surface area (Å²) in [4.78, 5) is 25.4. The maximum absolute atomic E-state index is 11.8. The number of halogens is 3. The number of pyridine rings is 1. The number of primary amides is 1. The molecule has 0 radical (unpaired) electrons. The monoisotopic (exact) mass is 247 g/mol. The van der Waals surface area contributed by atoms with Crippen LogP contribution in [0.5, 0.6) is 0 Å². The Balaban J connectivity index is 2.67. The molecule has 92 valence electrons. The normalized spacial score (nSPS) is 11.0. The second-order valence-corrected chi connectivity index (χ2v) is 3.09. The zero-order valence-electron chi connectivity index (χ0n) is 8.41. The van der Waals surface area contributed by atoms with E-state index in [0.29, 0.717) is 0 Å². The van der Waals surface area contributed by atoms with E-state index in [1.807, 2.05) is 0 Å². The van der Waals surface area contributed by atoms with Gasteiger partial charge in [-0.2, -0.15) is 13.2 Å². The molecule has 1 aromatic heterocycles. The van der Waals surface area contributed by atoms with E-state index in [1.165, 1.54) is 6.07 Å². The van der Waals surface area contributed by atoms with Gasteiger partial charge in [-0.3, -0.25) is 14.6 Å². The summed E-state index contributed by atoms with van der Waals surface area (Å²) in [6.07, 6.45) is -3.46. The molecule has 0 bridgehead atoms. The molecule has 1 aromatic rings. The van der Waals surface area contributed by atoms with Gasteiger partial charge < -0.3 is 11.1 Å². The van der Waals surface area contributed by atoms with Crippen LogP contribution in [0.3, 0.4) is 0 Å². The molecule has 3 N–H and O–H groups in total. The Morgan fingerprint density at radius 2 is 2.00 bits per heavy atom. The number of carbonyl (C=O) groups excluding carboxylic acids is 2. The zero-order chi connectivity index (χ0) is 13.1. The minimum atomic E-state index is -4.48. The van der Waals surface area contributed by atoms with Crippen LogP contribution in [0.15, 0.2) is 18.3 Å². The average Bonchev–Trinajstić information content (AvgIpc) is 2.25. The van der Waals surface area contributed by atoms with Crippen molar-refractivity contribution in [3.8, 4) is 0 Å². The fraction of sp³-hybridized carbons (Fsp3) is 0.222. The van der Waals surface area contributed by atoms with Gasteiger partial charge in [0.1, 0.15) is 12.2 Å². The topological polar surface area (TPSA) is 85.1 Å². The minimum Gasteiger partial charge on any atom is -0.366 e. The smallest absolute Gasteiger partial charge is 0.366 e. The van der Waals surface area contributed by atoms with Gasteiger partial charge in [-0.05, 0) is 12.1 Å². The fourth-order valence-electron chi connectivity index (χ4n) is 0.945. The van der Waals surface area contributed by atoms with Gasteiger partial charge in [0, 0.05) is 6.20 Å². The van der Waals surface area contributed by atoms with Crippen molar-refractivity contribution < 1.29 is 22.8 Å². The molecule has 0 unspecified atom stereocenters. The first-order valence-corrected chi connectivity index (χ1v) is 4.40. The lowest BCUT2D eigenvalue weighted by Gasteiger charge is -2.07. The largest absolute Gasteiger partial charge is 0.405 e. The molecule has 0 atom stereocenters. The van der Waals surface area contributed by atoms with Crippen LogP contribution in [-0.4, -0.2) is 29.5 Å². The van der Waals surface area contributed by atoms with Crippen LogP contribution in [0.1, 0.15) is 20.8 Å². The van der Waals surface area contributed by atoms with Crippen molar-refractivity contribution in [3.63, 3.8) is 0 Å². The van der Waals surface area contributed by atoms with Crippen molar-refractivity contribution >= 4 is 11.8 Å². The standard InChI is InChI=1S/C9H8F3N3O2/c10-9(11,12)4-15-8(17)6-2-1-5(3-14-6)7(13)16/h1-3H,4H2,(H2,13,16)(H,15,17). The maximum atomic E-state index is 11.8. The van der Waals surface area contributed by atoms with E-state index in [4.69, 9.17) is 5.73 Å². The van der Waals surface area contributed by atoms with Crippen LogP contribution in [0.2, 0.25) is 0 Å². The van der Waals surface area contributed by atoms with Crippen LogP contribution < -0.4 is 11.1 Å². The fourth-order valence-corrected chi connectivity index (χ4v) is 0.945. The van der Waals surface area contributed by atoms with Crippen molar-refractivity contribution in [2.24, 2.45) is 5.73 Å². The Kier molecular flexibility index (Phi) is 3.66. The highest BCUT2D eigenvalue weighted by molar-refractivity contribution is 5.95. The Morgan fingerprint density at radius 3 is 2.41 bits per heavy atom. The quantitative estimate of drug-likeness (QED) is 0.814. The third-order valence-corrected chi connectivity index (χ3v) is 1.73. The Morgan fingerprint density at radius 1 is 1.35 bits per heavy atom. The first-order chi connectivity index (χ1) is 7.79. The first-order valence-electron chi connectivity index (χ1n) is 4.40. The Hall–Kier alpha value is -2.12. The van der Waals surface area contributed by atoms with Crippen LogP contribution in [0.25, 0.3) is 0 Å². The molecular formula is C9H8F3N3O2. The Bertz CT molecular complexity index is 428. The van der Waals surface area contributed by atoms with Crippen LogP contribution in [0.4, 0.5) is 13.2 Å². The third kappa shape index (κ3) is 4.09. The van der Waals surface area contributed by atoms with Crippen LogP contribution in [-0.2, 0) is 0 Å². The van der Waals surface area contributed by atoms with E-state index in [9.17, 15) is 22.8 Å². The van der Waals surface area contributed by atoms with Gasteiger partial charge in [-0.1, -0.05) is 0 Å². The summed E-state index contributed by atoms with van der Waals surface area (Å²) in [5.41, 5.74) is 4.77. The lowest BCUT2D eigenvalue weighted by atomic mass is 10.2. The molecule has 0 saturated carbocycles. The van der Waals surface area contributed by atoms with E-state index >= 15 is 0 Å². The molecule has 1 heterocycles. The molecule has 1 rings (SSSR count). The van der Waals surface area contributed by atoms with Gasteiger partial charge >= 0.3 is 6.18 Å². The number of nitrogens with one attached hydrogen (secondary N) is 1. The number of hydrogen-bond donors (Lipinski definition) is 2. The number of nitrogens with zero attached hydrogens (tertiary/aromatic N) is 1. The van der Waals surface area contributed by atoms with Crippen LogP contribution >= 0.6 is 0 Å². The number of hydrogen-bond acceptors (Lipinski definition) is 3. The molecule has 0 saturated heterocycles. The predicted molar refractivity (Wildman–Crippen MR) is 51.1 cm³/mol. The molecule has 0 spiro atoms. The molecule has 5 nitrogen and oxygen atoms in total. The van der Waals surface area contributed by atoms with E-state index in [2.05, 4.69) is 4.98 Å². The number of aromatic nitrogens is 1. The van der Waals surface area contributed by atoms with E-state index in [-0.39, 0.29) is 11.3 Å². The lowest BCUT2D eigenvalue weighted by molar-refractivity contribution is -0.123. The van der Waals surface area contributed by atoms with Gasteiger partial charge in [0.2, 0.25) is 5.91 Å². The van der Waals surface area contributed by atoms with Gasteiger partial charge in [0.05, 0.1) is 5.56 Å². The van der Waals surface area contributed by atoms with Crippen molar-refractivity contribution in [1.82, 2.24) is 10.3 Å². The summed E-state index contributed by atoms with van der Waals surface area (Å²) in [5, 5.41) is 1.64. The number of nitrogens with two attached hydrogens (primary N) is 1. The van der Waals surface area contributed by atoms with E-state index in [0.717, 1.165) is 12.3 Å². The summed E-state index contributed by atoms with van der Waals surface area (Å²) < 4.78 is 35.4. The van der Waals surface area contributed by atoms with Gasteiger partial charge in [-0.25, -0.2) is 0 Å². The van der Waals surface area contributed by atoms with Crippen molar-refractivity contribution in [3.05, 3.63) is 29.6 Å². The number of alkyl halides is 3. The summed E-state index contributed by atoms with van der Waals surface area (Å²) >= 11 is 0. The molecule has 0 aliphatic carbocycles.